The van der Waals surface area contributed by atoms with Crippen LogP contribution in [0.3, 0.4) is 0 Å². The molecule has 1 aliphatic carbocycles. The third kappa shape index (κ3) is 0.642. The number of rotatable bonds is 0. The molecule has 1 aliphatic heterocycles. The highest BCUT2D eigenvalue weighted by atomic mass is 19.1. The topological polar surface area (TPSA) is 12.0 Å². The summed E-state index contributed by atoms with van der Waals surface area (Å²) in [6.45, 7) is 0. The minimum Gasteiger partial charge on any atom is -0.381 e. The molecule has 0 saturated heterocycles. The molecule has 1 nitrogen and oxygen atoms in total. The highest BCUT2D eigenvalue weighted by Crippen LogP contribution is 2.51. The third-order valence-electron chi connectivity index (χ3n) is 2.54. The smallest absolute Gasteiger partial charge is 0.123 e. The Bertz CT molecular complexity index is 321. The molecule has 11 heavy (non-hydrogen) atoms. The Morgan fingerprint density at radius 3 is 3.27 bits per heavy atom. The molecule has 1 heterocycles. The highest BCUT2D eigenvalue weighted by molar-refractivity contribution is 5.63. The van der Waals surface area contributed by atoms with Crippen LogP contribution in [0.2, 0.25) is 0 Å². The van der Waals surface area contributed by atoms with Gasteiger partial charge in [0.05, 0.1) is 0 Å². The van der Waals surface area contributed by atoms with Crippen LogP contribution in [0.1, 0.15) is 17.9 Å². The van der Waals surface area contributed by atoms with E-state index in [1.54, 1.807) is 6.07 Å². The summed E-state index contributed by atoms with van der Waals surface area (Å²) in [5.41, 5.74) is 2.31. The fraction of sp³-hybridized carbons (Fsp3) is 0.333. The first-order valence-corrected chi connectivity index (χ1v) is 3.90. The number of hydrogen-bond donors (Lipinski definition) is 1. The van der Waals surface area contributed by atoms with E-state index in [0.717, 1.165) is 5.69 Å². The van der Waals surface area contributed by atoms with Crippen LogP contribution in [-0.4, -0.2) is 6.04 Å². The van der Waals surface area contributed by atoms with Crippen molar-refractivity contribution in [2.45, 2.75) is 18.4 Å². The molecule has 56 valence electrons. The van der Waals surface area contributed by atoms with Gasteiger partial charge in [-0.1, -0.05) is 0 Å². The number of benzene rings is 1. The molecule has 0 spiro atoms. The summed E-state index contributed by atoms with van der Waals surface area (Å²) in [6.07, 6.45) is 1.19. The van der Waals surface area contributed by atoms with E-state index in [1.807, 2.05) is 6.07 Å². The lowest BCUT2D eigenvalue weighted by Gasteiger charge is -2.02. The minimum atomic E-state index is -0.113. The molecule has 1 aromatic carbocycles. The Morgan fingerprint density at radius 1 is 1.45 bits per heavy atom. The zero-order chi connectivity index (χ0) is 7.42. The van der Waals surface area contributed by atoms with Gasteiger partial charge in [0, 0.05) is 17.6 Å². The van der Waals surface area contributed by atoms with Gasteiger partial charge in [0.2, 0.25) is 0 Å². The first-order chi connectivity index (χ1) is 5.34. The van der Waals surface area contributed by atoms with Crippen LogP contribution < -0.4 is 5.32 Å². The summed E-state index contributed by atoms with van der Waals surface area (Å²) in [7, 11) is 0. The summed E-state index contributed by atoms with van der Waals surface area (Å²) in [4.78, 5) is 0. The maximum atomic E-state index is 12.7. The van der Waals surface area contributed by atoms with Crippen molar-refractivity contribution >= 4 is 5.69 Å². The predicted molar refractivity (Wildman–Crippen MR) is 41.2 cm³/mol. The second-order valence-electron chi connectivity index (χ2n) is 3.32. The van der Waals surface area contributed by atoms with Gasteiger partial charge in [-0.2, -0.15) is 0 Å². The van der Waals surface area contributed by atoms with Gasteiger partial charge in [-0.15, -0.1) is 0 Å². The lowest BCUT2D eigenvalue weighted by Crippen LogP contribution is -1.95. The van der Waals surface area contributed by atoms with Crippen LogP contribution in [0.15, 0.2) is 18.2 Å². The van der Waals surface area contributed by atoms with Crippen molar-refractivity contribution < 1.29 is 4.39 Å². The maximum Gasteiger partial charge on any atom is 0.123 e. The number of fused-ring (bicyclic) bond motifs is 3. The zero-order valence-electron chi connectivity index (χ0n) is 5.97. The second-order valence-corrected chi connectivity index (χ2v) is 3.32. The van der Waals surface area contributed by atoms with Crippen LogP contribution in [0.25, 0.3) is 0 Å². The van der Waals surface area contributed by atoms with Crippen molar-refractivity contribution in [1.29, 1.82) is 0 Å². The van der Waals surface area contributed by atoms with Gasteiger partial charge >= 0.3 is 0 Å². The molecule has 2 unspecified atom stereocenters. The first kappa shape index (κ1) is 5.58. The molecule has 1 fully saturated rings. The number of hydrogen-bond acceptors (Lipinski definition) is 1. The van der Waals surface area contributed by atoms with Crippen molar-refractivity contribution in [3.63, 3.8) is 0 Å². The normalized spacial score (nSPS) is 30.6. The minimum absolute atomic E-state index is 0.113. The molecule has 1 N–H and O–H groups in total. The maximum absolute atomic E-state index is 12.7. The molecule has 2 atom stereocenters. The van der Waals surface area contributed by atoms with Crippen LogP contribution in [-0.2, 0) is 0 Å². The summed E-state index contributed by atoms with van der Waals surface area (Å²) < 4.78 is 12.7. The Hall–Kier alpha value is -1.05. The zero-order valence-corrected chi connectivity index (χ0v) is 5.97. The Morgan fingerprint density at radius 2 is 2.36 bits per heavy atom. The molecule has 0 aromatic heterocycles. The monoisotopic (exact) mass is 149 g/mol. The van der Waals surface area contributed by atoms with Gasteiger partial charge in [-0.25, -0.2) is 4.39 Å². The van der Waals surface area contributed by atoms with E-state index in [1.165, 1.54) is 18.1 Å². The van der Waals surface area contributed by atoms with Gasteiger partial charge in [0.1, 0.15) is 5.82 Å². The molecule has 2 heteroatoms. The third-order valence-corrected chi connectivity index (χ3v) is 2.54. The van der Waals surface area contributed by atoms with E-state index >= 15 is 0 Å². The van der Waals surface area contributed by atoms with Gasteiger partial charge in [-0.3, -0.25) is 0 Å². The number of halogens is 1. The standard InChI is InChI=1S/C9H8FN/c10-5-1-2-8-6(3-5)7-4-9(7)11-8/h1-3,7,9,11H,4H2. The SMILES string of the molecule is Fc1ccc2c(c1)C1CC1N2. The van der Waals surface area contributed by atoms with Crippen molar-refractivity contribution in [2.75, 3.05) is 5.32 Å². The van der Waals surface area contributed by atoms with E-state index in [-0.39, 0.29) is 5.82 Å². The van der Waals surface area contributed by atoms with Gasteiger partial charge in [-0.05, 0) is 30.2 Å². The molecule has 1 saturated carbocycles. The number of anilines is 1. The summed E-state index contributed by atoms with van der Waals surface area (Å²) in [6, 6.07) is 5.61. The fourth-order valence-electron chi connectivity index (χ4n) is 1.87. The average molecular weight is 149 g/mol. The van der Waals surface area contributed by atoms with Crippen molar-refractivity contribution in [1.82, 2.24) is 0 Å². The molecule has 0 amide bonds. The molecule has 1 aromatic rings. The summed E-state index contributed by atoms with van der Waals surface area (Å²) in [5.74, 6) is 0.499. The quantitative estimate of drug-likeness (QED) is 0.595. The predicted octanol–water partition coefficient (Wildman–Crippen LogP) is 2.11. The van der Waals surface area contributed by atoms with Gasteiger partial charge in [0.15, 0.2) is 0 Å². The fourth-order valence-corrected chi connectivity index (χ4v) is 1.87. The van der Waals surface area contributed by atoms with E-state index in [4.69, 9.17) is 0 Å². The highest BCUT2D eigenvalue weighted by Gasteiger charge is 2.45. The first-order valence-electron chi connectivity index (χ1n) is 3.90. The largest absolute Gasteiger partial charge is 0.381 e. The summed E-state index contributed by atoms with van der Waals surface area (Å²) in [5, 5.41) is 3.33. The molecule has 0 bridgehead atoms. The van der Waals surface area contributed by atoms with Crippen LogP contribution >= 0.6 is 0 Å². The van der Waals surface area contributed by atoms with Crippen LogP contribution in [0.5, 0.6) is 0 Å². The lowest BCUT2D eigenvalue weighted by atomic mass is 10.1. The van der Waals surface area contributed by atoms with E-state index in [9.17, 15) is 4.39 Å². The molecule has 0 radical (unpaired) electrons. The van der Waals surface area contributed by atoms with Crippen LogP contribution in [0, 0.1) is 5.82 Å². The Balaban J connectivity index is 2.20. The lowest BCUT2D eigenvalue weighted by molar-refractivity contribution is 0.626. The van der Waals surface area contributed by atoms with Crippen molar-refractivity contribution in [3.05, 3.63) is 29.6 Å². The molecular formula is C9H8FN. The molecular weight excluding hydrogens is 141 g/mol. The summed E-state index contributed by atoms with van der Waals surface area (Å²) >= 11 is 0. The molecule has 2 aliphatic rings. The Kier molecular flexibility index (Phi) is 0.799. The van der Waals surface area contributed by atoms with Crippen molar-refractivity contribution in [3.8, 4) is 0 Å². The van der Waals surface area contributed by atoms with E-state index in [0.29, 0.717) is 12.0 Å². The van der Waals surface area contributed by atoms with Crippen molar-refractivity contribution in [2.24, 2.45) is 0 Å². The number of nitrogens with one attached hydrogen (secondary N) is 1. The van der Waals surface area contributed by atoms with Gasteiger partial charge < -0.3 is 5.32 Å². The molecule has 3 rings (SSSR count). The van der Waals surface area contributed by atoms with E-state index < -0.39 is 0 Å². The van der Waals surface area contributed by atoms with E-state index in [2.05, 4.69) is 5.32 Å². The Labute approximate surface area is 64.2 Å². The second kappa shape index (κ2) is 1.58. The van der Waals surface area contributed by atoms with Gasteiger partial charge in [0.25, 0.3) is 0 Å². The average Bonchev–Trinajstić information content (AvgIpc) is 2.67. The van der Waals surface area contributed by atoms with Crippen LogP contribution in [0.4, 0.5) is 10.1 Å².